The zero-order chi connectivity index (χ0) is 21.5. The Hall–Kier alpha value is -2.38. The number of aliphatic imine (C=N–C) groups is 1. The molecule has 0 aromatic heterocycles. The van der Waals surface area contributed by atoms with Crippen molar-refractivity contribution in [2.45, 2.75) is 4.90 Å². The quantitative estimate of drug-likeness (QED) is 0.361. The van der Waals surface area contributed by atoms with Gasteiger partial charge < -0.3 is 4.90 Å². The summed E-state index contributed by atoms with van der Waals surface area (Å²) in [5.74, 6) is -0.0998. The predicted octanol–water partition coefficient (Wildman–Crippen LogP) is 7.17. The second-order valence-corrected chi connectivity index (χ2v) is 9.74. The summed E-state index contributed by atoms with van der Waals surface area (Å²) in [6, 6.07) is 22.6. The van der Waals surface area contributed by atoms with Crippen molar-refractivity contribution in [2.24, 2.45) is 4.99 Å². The molecule has 4 nitrogen and oxygen atoms in total. The third-order valence-electron chi connectivity index (χ3n) is 4.84. The molecule has 1 saturated heterocycles. The number of nitrogens with zero attached hydrogens (tertiary/aromatic N) is 3. The minimum atomic E-state index is -0.0998. The van der Waals surface area contributed by atoms with Crippen LogP contribution in [0.15, 0.2) is 92.6 Å². The molecule has 3 aromatic carbocycles. The molecule has 8 heteroatoms. The average Bonchev–Trinajstić information content (AvgIpc) is 3.26. The minimum Gasteiger partial charge on any atom is -0.337 e. The van der Waals surface area contributed by atoms with Crippen LogP contribution in [0.1, 0.15) is 0 Å². The Labute approximate surface area is 198 Å². The van der Waals surface area contributed by atoms with Crippen molar-refractivity contribution in [3.8, 4) is 0 Å². The highest BCUT2D eigenvalue weighted by Crippen LogP contribution is 2.51. The van der Waals surface area contributed by atoms with Gasteiger partial charge in [0.1, 0.15) is 4.91 Å². The fourth-order valence-corrected chi connectivity index (χ4v) is 5.95. The molecule has 0 bridgehead atoms. The van der Waals surface area contributed by atoms with Crippen LogP contribution in [0.2, 0.25) is 10.0 Å². The zero-order valence-electron chi connectivity index (χ0n) is 16.3. The number of fused-ring (bicyclic) bond motifs is 1. The molecule has 31 heavy (non-hydrogen) atoms. The van der Waals surface area contributed by atoms with Crippen molar-refractivity contribution in [3.63, 3.8) is 0 Å². The molecular weight excluding hydrogens is 469 g/mol. The van der Waals surface area contributed by atoms with Gasteiger partial charge in [-0.3, -0.25) is 9.69 Å². The van der Waals surface area contributed by atoms with Gasteiger partial charge in [-0.15, -0.1) is 0 Å². The van der Waals surface area contributed by atoms with Crippen molar-refractivity contribution in [2.75, 3.05) is 16.8 Å². The van der Waals surface area contributed by atoms with Crippen LogP contribution in [0.5, 0.6) is 0 Å². The van der Waals surface area contributed by atoms with E-state index < -0.39 is 0 Å². The summed E-state index contributed by atoms with van der Waals surface area (Å²) in [6.45, 7) is 0. The number of thioether (sulfide) groups is 2. The fraction of sp³-hybridized carbons (Fsp3) is 0.0435. The Balaban J connectivity index is 1.60. The molecule has 0 saturated carbocycles. The lowest BCUT2D eigenvalue weighted by Gasteiger charge is -2.16. The third-order valence-corrected chi connectivity index (χ3v) is 7.72. The van der Waals surface area contributed by atoms with Gasteiger partial charge in [-0.1, -0.05) is 53.2 Å². The van der Waals surface area contributed by atoms with Gasteiger partial charge >= 0.3 is 0 Å². The largest absolute Gasteiger partial charge is 0.337 e. The molecule has 0 radical (unpaired) electrons. The number of anilines is 2. The summed E-state index contributed by atoms with van der Waals surface area (Å²) in [4.78, 5) is 23.7. The van der Waals surface area contributed by atoms with Gasteiger partial charge in [0.2, 0.25) is 0 Å². The zero-order valence-corrected chi connectivity index (χ0v) is 19.4. The van der Waals surface area contributed by atoms with Gasteiger partial charge in [-0.05, 0) is 66.4 Å². The van der Waals surface area contributed by atoms with Crippen molar-refractivity contribution < 1.29 is 4.79 Å². The molecule has 0 aliphatic carbocycles. The Morgan fingerprint density at radius 2 is 1.58 bits per heavy atom. The number of halogens is 2. The highest BCUT2D eigenvalue weighted by Gasteiger charge is 2.40. The van der Waals surface area contributed by atoms with Gasteiger partial charge in [-0.2, -0.15) is 0 Å². The molecule has 0 unspecified atom stereocenters. The van der Waals surface area contributed by atoms with Gasteiger partial charge in [0.15, 0.2) is 5.17 Å². The maximum Gasteiger partial charge on any atom is 0.274 e. The second-order valence-electron chi connectivity index (χ2n) is 6.86. The van der Waals surface area contributed by atoms with Crippen LogP contribution in [-0.2, 0) is 4.79 Å². The molecule has 2 heterocycles. The number of carbonyl (C=O) groups is 1. The van der Waals surface area contributed by atoms with E-state index in [1.807, 2.05) is 72.6 Å². The van der Waals surface area contributed by atoms with Crippen LogP contribution in [0.4, 0.5) is 17.1 Å². The summed E-state index contributed by atoms with van der Waals surface area (Å²) in [5, 5.41) is 2.78. The Kier molecular flexibility index (Phi) is 5.48. The maximum atomic E-state index is 13.6. The van der Waals surface area contributed by atoms with Crippen molar-refractivity contribution >= 4 is 74.9 Å². The van der Waals surface area contributed by atoms with E-state index in [1.165, 1.54) is 11.8 Å². The number of benzene rings is 3. The Bertz CT molecular complexity index is 1240. The first-order valence-corrected chi connectivity index (χ1v) is 11.8. The molecule has 0 N–H and O–H groups in total. The number of amides is 1. The van der Waals surface area contributed by atoms with Crippen molar-refractivity contribution in [1.82, 2.24) is 0 Å². The lowest BCUT2D eigenvalue weighted by molar-refractivity contribution is -0.113. The smallest absolute Gasteiger partial charge is 0.274 e. The highest BCUT2D eigenvalue weighted by atomic mass is 35.5. The van der Waals surface area contributed by atoms with E-state index in [0.29, 0.717) is 20.1 Å². The molecule has 154 valence electrons. The minimum absolute atomic E-state index is 0.0998. The molecule has 5 rings (SSSR count). The van der Waals surface area contributed by atoms with Crippen molar-refractivity contribution in [3.05, 3.63) is 92.8 Å². The first-order valence-electron chi connectivity index (χ1n) is 9.38. The van der Waals surface area contributed by atoms with Crippen LogP contribution in [0.3, 0.4) is 0 Å². The van der Waals surface area contributed by atoms with Crippen LogP contribution >= 0.6 is 46.7 Å². The van der Waals surface area contributed by atoms with Gasteiger partial charge in [0.25, 0.3) is 5.91 Å². The number of hydrogen-bond donors (Lipinski definition) is 0. The molecular formula is C23H15Cl2N3OS2. The number of hydrogen-bond acceptors (Lipinski definition) is 5. The van der Waals surface area contributed by atoms with Gasteiger partial charge in [0, 0.05) is 22.0 Å². The SMILES string of the molecule is CN1C(=C2SC(=Nc3ccc(Cl)cc3)N(c3ccccc3)C2=O)Sc2ccc(Cl)cc21. The first-order chi connectivity index (χ1) is 15.0. The Morgan fingerprint density at radius 3 is 2.32 bits per heavy atom. The van der Waals surface area contributed by atoms with E-state index in [0.717, 1.165) is 27.0 Å². The predicted molar refractivity (Wildman–Crippen MR) is 133 cm³/mol. The second kappa shape index (κ2) is 8.28. The van der Waals surface area contributed by atoms with E-state index in [4.69, 9.17) is 28.2 Å². The maximum absolute atomic E-state index is 13.6. The van der Waals surface area contributed by atoms with Crippen LogP contribution in [0.25, 0.3) is 0 Å². The highest BCUT2D eigenvalue weighted by molar-refractivity contribution is 8.20. The number of amidine groups is 1. The molecule has 2 aliphatic rings. The van der Waals surface area contributed by atoms with E-state index >= 15 is 0 Å². The topological polar surface area (TPSA) is 35.9 Å². The monoisotopic (exact) mass is 483 g/mol. The summed E-state index contributed by atoms with van der Waals surface area (Å²) in [5.41, 5.74) is 2.49. The molecule has 2 aliphatic heterocycles. The summed E-state index contributed by atoms with van der Waals surface area (Å²) >= 11 is 15.1. The molecule has 1 amide bonds. The summed E-state index contributed by atoms with van der Waals surface area (Å²) < 4.78 is 0. The normalized spacial score (nSPS) is 19.5. The summed E-state index contributed by atoms with van der Waals surface area (Å²) in [7, 11) is 1.95. The van der Waals surface area contributed by atoms with E-state index in [1.54, 1.807) is 28.8 Å². The first kappa shape index (κ1) is 20.5. The fourth-order valence-electron chi connectivity index (χ4n) is 3.33. The average molecular weight is 484 g/mol. The van der Waals surface area contributed by atoms with Crippen LogP contribution in [0, 0.1) is 0 Å². The van der Waals surface area contributed by atoms with E-state index in [-0.39, 0.29) is 5.91 Å². The third kappa shape index (κ3) is 3.85. The van der Waals surface area contributed by atoms with Crippen LogP contribution < -0.4 is 9.80 Å². The van der Waals surface area contributed by atoms with Crippen LogP contribution in [-0.4, -0.2) is 18.1 Å². The number of rotatable bonds is 2. The molecule has 3 aromatic rings. The summed E-state index contributed by atoms with van der Waals surface area (Å²) in [6.07, 6.45) is 0. The molecule has 0 spiro atoms. The lowest BCUT2D eigenvalue weighted by Crippen LogP contribution is -2.29. The number of carbonyl (C=O) groups excluding carboxylic acids is 1. The van der Waals surface area contributed by atoms with Gasteiger partial charge in [-0.25, -0.2) is 4.99 Å². The molecule has 0 atom stereocenters. The molecule has 1 fully saturated rings. The van der Waals surface area contributed by atoms with E-state index in [9.17, 15) is 4.79 Å². The number of para-hydroxylation sites is 1. The Morgan fingerprint density at radius 1 is 0.871 bits per heavy atom. The standard InChI is InChI=1S/C23H15Cl2N3OS2/c1-27-18-13-15(25)9-12-19(18)30-22(27)20-21(29)28(17-5-3-2-4-6-17)23(31-20)26-16-10-7-14(24)8-11-16/h2-13H,1H3. The van der Waals surface area contributed by atoms with E-state index in [2.05, 4.69) is 0 Å². The van der Waals surface area contributed by atoms with Gasteiger partial charge in [0.05, 0.1) is 22.1 Å². The lowest BCUT2D eigenvalue weighted by atomic mass is 10.3. The van der Waals surface area contributed by atoms with Crippen molar-refractivity contribution in [1.29, 1.82) is 0 Å².